The van der Waals surface area contributed by atoms with Gasteiger partial charge in [0.1, 0.15) is 5.44 Å². The summed E-state index contributed by atoms with van der Waals surface area (Å²) in [6.45, 7) is 6.62. The molecular weight excluding hydrogens is 236 g/mol. The lowest BCUT2D eigenvalue weighted by Gasteiger charge is -2.37. The Balaban J connectivity index is 1.94. The van der Waals surface area contributed by atoms with Crippen molar-refractivity contribution < 1.29 is 9.84 Å². The van der Waals surface area contributed by atoms with E-state index in [9.17, 15) is 5.11 Å². The van der Waals surface area contributed by atoms with Gasteiger partial charge in [0.2, 0.25) is 0 Å². The molecule has 2 heterocycles. The summed E-state index contributed by atoms with van der Waals surface area (Å²) in [4.78, 5) is 4.48. The Kier molecular flexibility index (Phi) is 4.00. The molecule has 98 valence electrons. The number of nitrogens with one attached hydrogen (secondary N) is 1. The number of fused-ring (bicyclic) bond motifs is 1. The molecule has 2 saturated heterocycles. The molecule has 0 radical (unpaired) electrons. The zero-order valence-corrected chi connectivity index (χ0v) is 11.6. The minimum Gasteiger partial charge on any atom is -0.388 e. The third-order valence-corrected chi connectivity index (χ3v) is 4.31. The largest absolute Gasteiger partial charge is 0.388 e. The number of hydrogen-bond donors (Lipinski definition) is 2. The van der Waals surface area contributed by atoms with Gasteiger partial charge in [0, 0.05) is 6.54 Å². The van der Waals surface area contributed by atoms with Crippen LogP contribution < -0.4 is 5.32 Å². The van der Waals surface area contributed by atoms with Crippen LogP contribution in [0.4, 0.5) is 0 Å². The maximum Gasteiger partial charge on any atom is 0.159 e. The van der Waals surface area contributed by atoms with Gasteiger partial charge in [-0.1, -0.05) is 18.7 Å². The standard InChI is InChI=1S/C12H22N2O2S/c1-4-7-13-11-14-8-5-6-9(12(2,3)15)16-10(8)17-11/h8-10,15H,4-7H2,1-3H3,(H,13,14)/t8-,9+,10-/m1/s1. The van der Waals surface area contributed by atoms with Gasteiger partial charge in [-0.3, -0.25) is 4.99 Å². The van der Waals surface area contributed by atoms with E-state index in [0.717, 1.165) is 31.0 Å². The second-order valence-corrected chi connectivity index (χ2v) is 6.37. The molecule has 0 aromatic carbocycles. The van der Waals surface area contributed by atoms with Crippen molar-refractivity contribution in [3.8, 4) is 0 Å². The van der Waals surface area contributed by atoms with Crippen molar-refractivity contribution in [1.82, 2.24) is 5.32 Å². The van der Waals surface area contributed by atoms with Crippen molar-refractivity contribution in [2.45, 2.75) is 63.2 Å². The minimum atomic E-state index is -0.755. The molecule has 0 unspecified atom stereocenters. The Morgan fingerprint density at radius 3 is 2.94 bits per heavy atom. The number of aliphatic hydroxyl groups is 1. The van der Waals surface area contributed by atoms with Crippen LogP contribution in [0.25, 0.3) is 0 Å². The van der Waals surface area contributed by atoms with Crippen molar-refractivity contribution in [3.05, 3.63) is 0 Å². The number of thioether (sulfide) groups is 1. The van der Waals surface area contributed by atoms with Crippen molar-refractivity contribution in [3.63, 3.8) is 0 Å². The van der Waals surface area contributed by atoms with Crippen LogP contribution in [-0.2, 0) is 4.74 Å². The van der Waals surface area contributed by atoms with Gasteiger partial charge < -0.3 is 15.2 Å². The topological polar surface area (TPSA) is 53.9 Å². The van der Waals surface area contributed by atoms with Crippen LogP contribution in [0.3, 0.4) is 0 Å². The average molecular weight is 258 g/mol. The highest BCUT2D eigenvalue weighted by Crippen LogP contribution is 2.36. The molecular formula is C12H22N2O2S. The zero-order valence-electron chi connectivity index (χ0n) is 10.8. The second kappa shape index (κ2) is 5.16. The highest BCUT2D eigenvalue weighted by Gasteiger charge is 2.42. The van der Waals surface area contributed by atoms with E-state index in [4.69, 9.17) is 4.74 Å². The summed E-state index contributed by atoms with van der Waals surface area (Å²) in [5.74, 6) is 0. The van der Waals surface area contributed by atoms with E-state index >= 15 is 0 Å². The Morgan fingerprint density at radius 1 is 1.53 bits per heavy atom. The highest BCUT2D eigenvalue weighted by atomic mass is 32.2. The minimum absolute atomic E-state index is 0.0661. The van der Waals surface area contributed by atoms with Gasteiger partial charge in [0.25, 0.3) is 0 Å². The van der Waals surface area contributed by atoms with Gasteiger partial charge in [0.05, 0.1) is 17.7 Å². The summed E-state index contributed by atoms with van der Waals surface area (Å²) in [6, 6.07) is 0.356. The van der Waals surface area contributed by atoms with Crippen molar-refractivity contribution in [1.29, 1.82) is 0 Å². The van der Waals surface area contributed by atoms with Gasteiger partial charge in [0.15, 0.2) is 5.17 Å². The lowest BCUT2D eigenvalue weighted by Crippen LogP contribution is -2.48. The van der Waals surface area contributed by atoms with Gasteiger partial charge in [-0.25, -0.2) is 0 Å². The maximum atomic E-state index is 9.98. The van der Waals surface area contributed by atoms with Crippen LogP contribution in [-0.4, -0.2) is 40.0 Å². The normalized spacial score (nSPS) is 35.8. The molecule has 0 aliphatic carbocycles. The smallest absolute Gasteiger partial charge is 0.159 e. The summed E-state index contributed by atoms with van der Waals surface area (Å²) >= 11 is 1.66. The van der Waals surface area contributed by atoms with E-state index in [1.807, 2.05) is 13.8 Å². The molecule has 4 nitrogen and oxygen atoms in total. The fourth-order valence-electron chi connectivity index (χ4n) is 2.16. The summed E-state index contributed by atoms with van der Waals surface area (Å²) in [5.41, 5.74) is -0.648. The van der Waals surface area contributed by atoms with Gasteiger partial charge in [-0.15, -0.1) is 0 Å². The molecule has 2 N–H and O–H groups in total. The van der Waals surface area contributed by atoms with Gasteiger partial charge in [-0.2, -0.15) is 0 Å². The Morgan fingerprint density at radius 2 is 2.29 bits per heavy atom. The third-order valence-electron chi connectivity index (χ3n) is 3.17. The van der Waals surface area contributed by atoms with Crippen molar-refractivity contribution in [2.75, 3.05) is 6.54 Å². The summed E-state index contributed by atoms with van der Waals surface area (Å²) in [7, 11) is 0. The summed E-state index contributed by atoms with van der Waals surface area (Å²) in [6.07, 6.45) is 2.94. The Labute approximate surface area is 107 Å². The molecule has 2 aliphatic heterocycles. The molecule has 0 saturated carbocycles. The molecule has 0 amide bonds. The van der Waals surface area contributed by atoms with Crippen LogP contribution in [0.1, 0.15) is 40.0 Å². The van der Waals surface area contributed by atoms with Crippen LogP contribution in [0.2, 0.25) is 0 Å². The summed E-state index contributed by atoms with van der Waals surface area (Å²) in [5, 5.41) is 14.4. The average Bonchev–Trinajstić information content (AvgIpc) is 2.66. The predicted molar refractivity (Wildman–Crippen MR) is 71.3 cm³/mol. The third kappa shape index (κ3) is 3.14. The first kappa shape index (κ1) is 13.2. The number of hydrogen-bond acceptors (Lipinski definition) is 4. The molecule has 17 heavy (non-hydrogen) atoms. The molecule has 3 atom stereocenters. The van der Waals surface area contributed by atoms with Crippen LogP contribution in [0, 0.1) is 0 Å². The first-order valence-electron chi connectivity index (χ1n) is 6.36. The van der Waals surface area contributed by atoms with Crippen molar-refractivity contribution >= 4 is 16.9 Å². The fourth-order valence-corrected chi connectivity index (χ4v) is 3.32. The summed E-state index contributed by atoms with van der Waals surface area (Å²) < 4.78 is 5.95. The van der Waals surface area contributed by atoms with E-state index < -0.39 is 5.60 Å². The molecule has 2 aliphatic rings. The van der Waals surface area contributed by atoms with Crippen molar-refractivity contribution in [2.24, 2.45) is 4.99 Å². The number of aliphatic imine (C=N–C) groups is 1. The molecule has 0 aromatic rings. The maximum absolute atomic E-state index is 9.98. The lowest BCUT2D eigenvalue weighted by atomic mass is 9.93. The number of amidine groups is 1. The molecule has 5 heteroatoms. The monoisotopic (exact) mass is 258 g/mol. The van der Waals surface area contributed by atoms with E-state index in [2.05, 4.69) is 17.2 Å². The number of nitrogens with zero attached hydrogens (tertiary/aromatic N) is 1. The van der Waals surface area contributed by atoms with E-state index in [-0.39, 0.29) is 11.5 Å². The second-order valence-electron chi connectivity index (χ2n) is 5.28. The first-order chi connectivity index (χ1) is 8.00. The zero-order chi connectivity index (χ0) is 12.5. The van der Waals surface area contributed by atoms with E-state index in [1.54, 1.807) is 11.8 Å². The molecule has 2 fully saturated rings. The fraction of sp³-hybridized carbons (Fsp3) is 0.917. The quantitative estimate of drug-likeness (QED) is 0.809. The number of ether oxygens (including phenoxy) is 1. The lowest BCUT2D eigenvalue weighted by molar-refractivity contribution is -0.122. The SMILES string of the molecule is CCCN=C1N[C@@H]2CC[C@@H](C(C)(C)O)O[C@@H]2S1. The van der Waals surface area contributed by atoms with Gasteiger partial charge in [-0.05, 0) is 33.1 Å². The molecule has 2 rings (SSSR count). The Bertz CT molecular complexity index is 301. The van der Waals surface area contributed by atoms with Crippen LogP contribution in [0.5, 0.6) is 0 Å². The van der Waals surface area contributed by atoms with Crippen LogP contribution in [0.15, 0.2) is 4.99 Å². The molecule has 0 aromatic heterocycles. The molecule has 0 spiro atoms. The Hall–Kier alpha value is -0.260. The number of rotatable bonds is 3. The highest BCUT2D eigenvalue weighted by molar-refractivity contribution is 8.14. The molecule has 0 bridgehead atoms. The predicted octanol–water partition coefficient (Wildman–Crippen LogP) is 1.73. The van der Waals surface area contributed by atoms with Crippen LogP contribution >= 0.6 is 11.8 Å². The van der Waals surface area contributed by atoms with E-state index in [1.165, 1.54) is 0 Å². The first-order valence-corrected chi connectivity index (χ1v) is 7.24. The van der Waals surface area contributed by atoms with E-state index in [0.29, 0.717) is 6.04 Å². The van der Waals surface area contributed by atoms with Gasteiger partial charge >= 0.3 is 0 Å².